The molecule has 0 aliphatic carbocycles. The molecule has 0 radical (unpaired) electrons. The summed E-state index contributed by atoms with van der Waals surface area (Å²) in [4.78, 5) is 10.3. The lowest BCUT2D eigenvalue weighted by Gasteiger charge is -2.14. The van der Waals surface area contributed by atoms with Gasteiger partial charge >= 0.3 is 0 Å². The third-order valence-electron chi connectivity index (χ3n) is 3.10. The molecular weight excluding hydrogens is 276 g/mol. The zero-order valence-electron chi connectivity index (χ0n) is 11.0. The van der Waals surface area contributed by atoms with E-state index >= 15 is 0 Å². The number of rotatable bonds is 5. The highest BCUT2D eigenvalue weighted by Crippen LogP contribution is 2.17. The number of hydrogen-bond donors (Lipinski definition) is 1. The number of halogens is 1. The minimum atomic E-state index is -0.383. The summed E-state index contributed by atoms with van der Waals surface area (Å²) in [6.45, 7) is 2.62. The number of hydrogen-bond acceptors (Lipinski definition) is 3. The van der Waals surface area contributed by atoms with Crippen molar-refractivity contribution in [3.05, 3.63) is 74.8 Å². The van der Waals surface area contributed by atoms with Gasteiger partial charge in [0.25, 0.3) is 5.69 Å². The van der Waals surface area contributed by atoms with Crippen LogP contribution in [0.4, 0.5) is 5.69 Å². The molecule has 0 unspecified atom stereocenters. The summed E-state index contributed by atoms with van der Waals surface area (Å²) in [6, 6.07) is 14.4. The summed E-state index contributed by atoms with van der Waals surface area (Å²) in [6.07, 6.45) is 0. The van der Waals surface area contributed by atoms with Crippen molar-refractivity contribution in [3.8, 4) is 0 Å². The van der Waals surface area contributed by atoms with Crippen LogP contribution in [0.5, 0.6) is 0 Å². The average molecular weight is 291 g/mol. The Hall–Kier alpha value is -1.91. The zero-order valence-corrected chi connectivity index (χ0v) is 11.8. The standard InChI is InChI=1S/C15H15ClN2O2/c1-11(13-5-7-14(16)8-6-13)17-10-12-3-2-4-15(9-12)18(19)20/h2-9,11,17H,10H2,1H3/t11-/m0/s1. The van der Waals surface area contributed by atoms with Crippen molar-refractivity contribution < 1.29 is 4.92 Å². The lowest BCUT2D eigenvalue weighted by molar-refractivity contribution is -0.384. The van der Waals surface area contributed by atoms with Crippen LogP contribution < -0.4 is 5.32 Å². The van der Waals surface area contributed by atoms with Crippen LogP contribution >= 0.6 is 11.6 Å². The van der Waals surface area contributed by atoms with Crippen molar-refractivity contribution in [1.82, 2.24) is 5.32 Å². The molecule has 104 valence electrons. The van der Waals surface area contributed by atoms with Crippen LogP contribution in [-0.2, 0) is 6.54 Å². The zero-order chi connectivity index (χ0) is 14.5. The van der Waals surface area contributed by atoms with E-state index in [-0.39, 0.29) is 16.7 Å². The first-order valence-corrected chi connectivity index (χ1v) is 6.66. The molecule has 0 amide bonds. The van der Waals surface area contributed by atoms with Crippen molar-refractivity contribution in [3.63, 3.8) is 0 Å². The summed E-state index contributed by atoms with van der Waals surface area (Å²) >= 11 is 5.85. The fraction of sp³-hybridized carbons (Fsp3) is 0.200. The molecule has 0 aliphatic heterocycles. The Bertz CT molecular complexity index is 599. The van der Waals surface area contributed by atoms with Gasteiger partial charge in [-0.3, -0.25) is 10.1 Å². The predicted molar refractivity (Wildman–Crippen MR) is 79.8 cm³/mol. The number of non-ortho nitro benzene ring substituents is 1. The Morgan fingerprint density at radius 3 is 2.60 bits per heavy atom. The van der Waals surface area contributed by atoms with Gasteiger partial charge in [-0.15, -0.1) is 0 Å². The number of benzene rings is 2. The molecule has 2 aromatic rings. The molecule has 20 heavy (non-hydrogen) atoms. The van der Waals surface area contributed by atoms with Gasteiger partial charge in [-0.05, 0) is 30.2 Å². The number of nitro groups is 1. The number of nitrogens with zero attached hydrogens (tertiary/aromatic N) is 1. The van der Waals surface area contributed by atoms with Gasteiger partial charge in [0, 0.05) is 29.7 Å². The van der Waals surface area contributed by atoms with Crippen LogP contribution in [0.1, 0.15) is 24.1 Å². The Morgan fingerprint density at radius 2 is 1.95 bits per heavy atom. The first-order valence-electron chi connectivity index (χ1n) is 6.28. The van der Waals surface area contributed by atoms with Gasteiger partial charge in [0.2, 0.25) is 0 Å². The Kier molecular flexibility index (Phi) is 4.71. The molecule has 2 aromatic carbocycles. The molecule has 5 heteroatoms. The first-order chi connectivity index (χ1) is 9.56. The van der Waals surface area contributed by atoms with Crippen molar-refractivity contribution in [2.45, 2.75) is 19.5 Å². The van der Waals surface area contributed by atoms with Gasteiger partial charge < -0.3 is 5.32 Å². The predicted octanol–water partition coefficient (Wildman–Crippen LogP) is 4.10. The van der Waals surface area contributed by atoms with Gasteiger partial charge in [-0.1, -0.05) is 35.9 Å². The summed E-state index contributed by atoms with van der Waals surface area (Å²) < 4.78 is 0. The van der Waals surface area contributed by atoms with Gasteiger partial charge in [-0.25, -0.2) is 0 Å². The minimum absolute atomic E-state index is 0.114. The minimum Gasteiger partial charge on any atom is -0.306 e. The maximum atomic E-state index is 10.7. The Labute approximate surface area is 122 Å². The summed E-state index contributed by atoms with van der Waals surface area (Å²) in [7, 11) is 0. The maximum Gasteiger partial charge on any atom is 0.269 e. The largest absolute Gasteiger partial charge is 0.306 e. The molecule has 0 aromatic heterocycles. The quantitative estimate of drug-likeness (QED) is 0.666. The maximum absolute atomic E-state index is 10.7. The fourth-order valence-corrected chi connectivity index (χ4v) is 2.05. The van der Waals surface area contributed by atoms with Gasteiger partial charge in [0.1, 0.15) is 0 Å². The summed E-state index contributed by atoms with van der Waals surface area (Å²) in [5.74, 6) is 0. The first kappa shape index (κ1) is 14.5. The highest BCUT2D eigenvalue weighted by atomic mass is 35.5. The van der Waals surface area contributed by atoms with E-state index in [2.05, 4.69) is 5.32 Å². The number of nitro benzene ring substituents is 1. The second kappa shape index (κ2) is 6.50. The van der Waals surface area contributed by atoms with Crippen LogP contribution in [0, 0.1) is 10.1 Å². The average Bonchev–Trinajstić information content (AvgIpc) is 2.46. The van der Waals surface area contributed by atoms with E-state index in [1.165, 1.54) is 6.07 Å². The molecule has 0 fully saturated rings. The van der Waals surface area contributed by atoms with Crippen molar-refractivity contribution in [2.24, 2.45) is 0 Å². The molecule has 0 saturated carbocycles. The molecule has 1 atom stereocenters. The van der Waals surface area contributed by atoms with Crippen molar-refractivity contribution >= 4 is 17.3 Å². The third-order valence-corrected chi connectivity index (χ3v) is 3.36. The van der Waals surface area contributed by atoms with Crippen LogP contribution in [-0.4, -0.2) is 4.92 Å². The van der Waals surface area contributed by atoms with E-state index in [1.54, 1.807) is 12.1 Å². The van der Waals surface area contributed by atoms with E-state index in [1.807, 2.05) is 37.3 Å². The van der Waals surface area contributed by atoms with Crippen LogP contribution in [0.3, 0.4) is 0 Å². The monoisotopic (exact) mass is 290 g/mol. The second-order valence-electron chi connectivity index (χ2n) is 4.58. The molecule has 4 nitrogen and oxygen atoms in total. The van der Waals surface area contributed by atoms with Gasteiger partial charge in [0.05, 0.1) is 4.92 Å². The summed E-state index contributed by atoms with van der Waals surface area (Å²) in [5, 5.41) is 14.8. The topological polar surface area (TPSA) is 55.2 Å². The Balaban J connectivity index is 1.99. The van der Waals surface area contributed by atoms with E-state index in [9.17, 15) is 10.1 Å². The Morgan fingerprint density at radius 1 is 1.25 bits per heavy atom. The molecule has 0 heterocycles. The molecule has 0 bridgehead atoms. The molecule has 1 N–H and O–H groups in total. The highest BCUT2D eigenvalue weighted by molar-refractivity contribution is 6.30. The molecule has 0 spiro atoms. The van der Waals surface area contributed by atoms with E-state index in [0.29, 0.717) is 11.6 Å². The van der Waals surface area contributed by atoms with Crippen LogP contribution in [0.15, 0.2) is 48.5 Å². The SMILES string of the molecule is C[C@H](NCc1cccc([N+](=O)[O-])c1)c1ccc(Cl)cc1. The second-order valence-corrected chi connectivity index (χ2v) is 5.02. The molecule has 0 aliphatic rings. The lowest BCUT2D eigenvalue weighted by atomic mass is 10.1. The van der Waals surface area contributed by atoms with E-state index in [0.717, 1.165) is 11.1 Å². The molecular formula is C15H15ClN2O2. The lowest BCUT2D eigenvalue weighted by Crippen LogP contribution is -2.18. The van der Waals surface area contributed by atoms with Crippen molar-refractivity contribution in [2.75, 3.05) is 0 Å². The van der Waals surface area contributed by atoms with Crippen molar-refractivity contribution in [1.29, 1.82) is 0 Å². The summed E-state index contributed by atoms with van der Waals surface area (Å²) in [5.41, 5.74) is 2.13. The smallest absolute Gasteiger partial charge is 0.269 e. The van der Waals surface area contributed by atoms with Crippen LogP contribution in [0.25, 0.3) is 0 Å². The van der Waals surface area contributed by atoms with Crippen LogP contribution in [0.2, 0.25) is 5.02 Å². The van der Waals surface area contributed by atoms with E-state index < -0.39 is 0 Å². The van der Waals surface area contributed by atoms with Gasteiger partial charge in [-0.2, -0.15) is 0 Å². The number of nitrogens with one attached hydrogen (secondary N) is 1. The normalized spacial score (nSPS) is 12.1. The fourth-order valence-electron chi connectivity index (χ4n) is 1.92. The highest BCUT2D eigenvalue weighted by Gasteiger charge is 2.08. The molecule has 2 rings (SSSR count). The molecule has 0 saturated heterocycles. The third kappa shape index (κ3) is 3.79. The van der Waals surface area contributed by atoms with Gasteiger partial charge in [0.15, 0.2) is 0 Å². The van der Waals surface area contributed by atoms with E-state index in [4.69, 9.17) is 11.6 Å².